The van der Waals surface area contributed by atoms with Crippen LogP contribution in [0.15, 0.2) is 30.6 Å². The number of carbonyl (C=O) groups is 1. The first-order valence-electron chi connectivity index (χ1n) is 9.75. The molecule has 0 atom stereocenters. The van der Waals surface area contributed by atoms with Gasteiger partial charge in [-0.25, -0.2) is 0 Å². The zero-order valence-corrected chi connectivity index (χ0v) is 17.6. The van der Waals surface area contributed by atoms with Crippen molar-refractivity contribution in [2.45, 2.75) is 33.9 Å². The van der Waals surface area contributed by atoms with Gasteiger partial charge in [0.25, 0.3) is 0 Å². The number of hydrogen-bond acceptors (Lipinski definition) is 4. The van der Waals surface area contributed by atoms with Crippen LogP contribution in [0, 0.1) is 12.8 Å². The molecule has 0 radical (unpaired) electrons. The van der Waals surface area contributed by atoms with E-state index in [1.165, 1.54) is 5.56 Å². The topological polar surface area (TPSA) is 54.3 Å². The number of aryl methyl sites for hydroxylation is 1. The zero-order chi connectivity index (χ0) is 20.1. The minimum absolute atomic E-state index is 0.0214. The van der Waals surface area contributed by atoms with E-state index in [1.807, 2.05) is 28.8 Å². The monoisotopic (exact) mass is 401 g/mol. The number of piperazine rings is 1. The maximum atomic E-state index is 12.6. The first-order chi connectivity index (χ1) is 13.4. The minimum Gasteiger partial charge on any atom is -0.337 e. The van der Waals surface area contributed by atoms with Crippen molar-refractivity contribution in [2.24, 2.45) is 5.92 Å². The number of aromatic nitrogens is 3. The van der Waals surface area contributed by atoms with Crippen molar-refractivity contribution in [3.05, 3.63) is 52.6 Å². The van der Waals surface area contributed by atoms with Crippen molar-refractivity contribution < 1.29 is 4.79 Å². The van der Waals surface area contributed by atoms with Crippen LogP contribution in [0.3, 0.4) is 0 Å². The molecule has 28 heavy (non-hydrogen) atoms. The summed E-state index contributed by atoms with van der Waals surface area (Å²) in [6.45, 7) is 11.0. The second kappa shape index (κ2) is 9.34. The number of nitrogens with zero attached hydrogens (tertiary/aromatic N) is 5. The molecular weight excluding hydrogens is 374 g/mol. The van der Waals surface area contributed by atoms with Gasteiger partial charge in [-0.15, -0.1) is 0 Å². The van der Waals surface area contributed by atoms with Gasteiger partial charge in [0.15, 0.2) is 0 Å². The number of pyridine rings is 1. The van der Waals surface area contributed by atoms with E-state index in [1.54, 1.807) is 18.3 Å². The van der Waals surface area contributed by atoms with E-state index >= 15 is 0 Å². The standard InChI is InChI=1S/C21H28ClN5O/c1-16(2)14-27-21(22)19(17(3)24-27)6-7-20(28)26-11-9-25(10-12-26)15-18-5-4-8-23-13-18/h4-8,13,16H,9-12,14-15H2,1-3H3/b7-6+. The summed E-state index contributed by atoms with van der Waals surface area (Å²) in [4.78, 5) is 21.0. The molecule has 3 heterocycles. The summed E-state index contributed by atoms with van der Waals surface area (Å²) < 4.78 is 1.81. The van der Waals surface area contributed by atoms with Gasteiger partial charge in [0, 0.05) is 63.3 Å². The lowest BCUT2D eigenvalue weighted by Crippen LogP contribution is -2.47. The average Bonchev–Trinajstić information content (AvgIpc) is 2.93. The molecule has 150 valence electrons. The highest BCUT2D eigenvalue weighted by atomic mass is 35.5. The third-order valence-corrected chi connectivity index (χ3v) is 5.25. The number of hydrogen-bond donors (Lipinski definition) is 0. The minimum atomic E-state index is 0.0214. The average molecular weight is 402 g/mol. The lowest BCUT2D eigenvalue weighted by atomic mass is 10.2. The van der Waals surface area contributed by atoms with Gasteiger partial charge in [-0.05, 0) is 30.5 Å². The maximum Gasteiger partial charge on any atom is 0.246 e. The first-order valence-corrected chi connectivity index (χ1v) is 10.1. The Balaban J connectivity index is 1.55. The highest BCUT2D eigenvalue weighted by Gasteiger charge is 2.20. The molecule has 1 saturated heterocycles. The van der Waals surface area contributed by atoms with Crippen molar-refractivity contribution in [1.82, 2.24) is 24.6 Å². The molecule has 0 unspecified atom stereocenters. The molecular formula is C21H28ClN5O. The van der Waals surface area contributed by atoms with Crippen molar-refractivity contribution in [3.63, 3.8) is 0 Å². The fraction of sp³-hybridized carbons (Fsp3) is 0.476. The molecule has 1 aliphatic rings. The third kappa shape index (κ3) is 5.20. The van der Waals surface area contributed by atoms with E-state index in [4.69, 9.17) is 11.6 Å². The Kier molecular flexibility index (Phi) is 6.86. The largest absolute Gasteiger partial charge is 0.337 e. The van der Waals surface area contributed by atoms with Gasteiger partial charge in [-0.3, -0.25) is 19.4 Å². The highest BCUT2D eigenvalue weighted by Crippen LogP contribution is 2.22. The molecule has 0 spiro atoms. The van der Waals surface area contributed by atoms with Crippen LogP contribution in [0.2, 0.25) is 5.15 Å². The van der Waals surface area contributed by atoms with E-state index in [2.05, 4.69) is 34.9 Å². The quantitative estimate of drug-likeness (QED) is 0.697. The predicted molar refractivity (Wildman–Crippen MR) is 112 cm³/mol. The van der Waals surface area contributed by atoms with Gasteiger partial charge in [0.2, 0.25) is 5.91 Å². The number of halogens is 1. The van der Waals surface area contributed by atoms with Crippen molar-refractivity contribution in [3.8, 4) is 0 Å². The van der Waals surface area contributed by atoms with Crippen LogP contribution in [0.5, 0.6) is 0 Å². The summed E-state index contributed by atoms with van der Waals surface area (Å²) >= 11 is 6.45. The van der Waals surface area contributed by atoms with E-state index in [0.29, 0.717) is 11.1 Å². The van der Waals surface area contributed by atoms with Gasteiger partial charge in [0.1, 0.15) is 5.15 Å². The highest BCUT2D eigenvalue weighted by molar-refractivity contribution is 6.31. The van der Waals surface area contributed by atoms with Crippen LogP contribution in [-0.2, 0) is 17.9 Å². The third-order valence-electron chi connectivity index (χ3n) is 4.85. The number of rotatable bonds is 6. The second-order valence-electron chi connectivity index (χ2n) is 7.66. The Morgan fingerprint density at radius 3 is 2.68 bits per heavy atom. The summed E-state index contributed by atoms with van der Waals surface area (Å²) in [5.41, 5.74) is 2.87. The fourth-order valence-corrected chi connectivity index (χ4v) is 3.67. The molecule has 6 nitrogen and oxygen atoms in total. The molecule has 1 fully saturated rings. The van der Waals surface area contributed by atoms with E-state index in [0.717, 1.165) is 50.5 Å². The molecule has 1 amide bonds. The van der Waals surface area contributed by atoms with E-state index in [9.17, 15) is 4.79 Å². The Morgan fingerprint density at radius 2 is 2.04 bits per heavy atom. The fourth-order valence-electron chi connectivity index (χ4n) is 3.36. The summed E-state index contributed by atoms with van der Waals surface area (Å²) in [7, 11) is 0. The number of amides is 1. The molecule has 0 N–H and O–H groups in total. The van der Waals surface area contributed by atoms with Crippen LogP contribution < -0.4 is 0 Å². The lowest BCUT2D eigenvalue weighted by Gasteiger charge is -2.34. The predicted octanol–water partition coefficient (Wildman–Crippen LogP) is 3.25. The molecule has 0 aliphatic carbocycles. The summed E-state index contributed by atoms with van der Waals surface area (Å²) in [6, 6.07) is 4.04. The molecule has 0 aromatic carbocycles. The smallest absolute Gasteiger partial charge is 0.246 e. The molecule has 2 aromatic heterocycles. The van der Waals surface area contributed by atoms with Crippen LogP contribution in [-0.4, -0.2) is 56.7 Å². The normalized spacial score (nSPS) is 15.7. The molecule has 1 aliphatic heterocycles. The van der Waals surface area contributed by atoms with Gasteiger partial charge < -0.3 is 4.90 Å². The van der Waals surface area contributed by atoms with Crippen molar-refractivity contribution >= 4 is 23.6 Å². The molecule has 2 aromatic rings. The molecule has 0 saturated carbocycles. The molecule has 7 heteroatoms. The summed E-state index contributed by atoms with van der Waals surface area (Å²) in [6.07, 6.45) is 7.09. The molecule has 3 rings (SSSR count). The van der Waals surface area contributed by atoms with Gasteiger partial charge >= 0.3 is 0 Å². The van der Waals surface area contributed by atoms with E-state index in [-0.39, 0.29) is 5.91 Å². The Morgan fingerprint density at radius 1 is 1.29 bits per heavy atom. The number of carbonyl (C=O) groups excluding carboxylic acids is 1. The molecule has 0 bridgehead atoms. The van der Waals surface area contributed by atoms with Gasteiger partial charge in [-0.1, -0.05) is 31.5 Å². The van der Waals surface area contributed by atoms with Gasteiger partial charge in [-0.2, -0.15) is 5.10 Å². The second-order valence-corrected chi connectivity index (χ2v) is 8.02. The van der Waals surface area contributed by atoms with Crippen molar-refractivity contribution in [2.75, 3.05) is 26.2 Å². The Bertz CT molecular complexity index is 823. The van der Waals surface area contributed by atoms with Crippen LogP contribution >= 0.6 is 11.6 Å². The SMILES string of the molecule is Cc1nn(CC(C)C)c(Cl)c1/C=C/C(=O)N1CCN(Cc2cccnc2)CC1. The van der Waals surface area contributed by atoms with Crippen LogP contribution in [0.1, 0.15) is 30.7 Å². The maximum absolute atomic E-state index is 12.6. The van der Waals surface area contributed by atoms with Crippen molar-refractivity contribution in [1.29, 1.82) is 0 Å². The summed E-state index contributed by atoms with van der Waals surface area (Å²) in [5.74, 6) is 0.478. The van der Waals surface area contributed by atoms with Crippen LogP contribution in [0.4, 0.5) is 0 Å². The lowest BCUT2D eigenvalue weighted by molar-refractivity contribution is -0.127. The van der Waals surface area contributed by atoms with Crippen LogP contribution in [0.25, 0.3) is 6.08 Å². The summed E-state index contributed by atoms with van der Waals surface area (Å²) in [5, 5.41) is 5.08. The van der Waals surface area contributed by atoms with Gasteiger partial charge in [0.05, 0.1) is 5.69 Å². The first kappa shape index (κ1) is 20.6. The zero-order valence-electron chi connectivity index (χ0n) is 16.8. The Labute approximate surface area is 171 Å². The Hall–Kier alpha value is -2.18. The van der Waals surface area contributed by atoms with E-state index < -0.39 is 0 Å².